The number of aromatic nitrogens is 4. The number of phenolic OH excluding ortho intramolecular Hbond substituents is 1. The highest BCUT2D eigenvalue weighted by Crippen LogP contribution is 2.26. The zero-order valence-electron chi connectivity index (χ0n) is 18.4. The number of aliphatic hydroxyl groups is 1. The minimum atomic E-state index is -0.135. The van der Waals surface area contributed by atoms with Gasteiger partial charge in [0.05, 0.1) is 26.1 Å². The first-order valence-electron chi connectivity index (χ1n) is 10.8. The second-order valence-corrected chi connectivity index (χ2v) is 7.49. The number of nitrogens with one attached hydrogen (secondary N) is 2. The van der Waals surface area contributed by atoms with Gasteiger partial charge in [-0.15, -0.1) is 0 Å². The first kappa shape index (κ1) is 22.6. The van der Waals surface area contributed by atoms with Crippen LogP contribution in [0.5, 0.6) is 11.5 Å². The molecule has 0 saturated heterocycles. The average Bonchev–Trinajstić information content (AvgIpc) is 3.20. The van der Waals surface area contributed by atoms with Crippen molar-refractivity contribution >= 4 is 22.9 Å². The molecule has 4 N–H and O–H groups in total. The normalized spacial score (nSPS) is 12.1. The van der Waals surface area contributed by atoms with E-state index in [4.69, 9.17) is 4.74 Å². The third-order valence-corrected chi connectivity index (χ3v) is 5.25. The van der Waals surface area contributed by atoms with Crippen LogP contribution in [-0.2, 0) is 13.1 Å². The van der Waals surface area contributed by atoms with Crippen molar-refractivity contribution in [2.45, 2.75) is 58.7 Å². The molecule has 0 aliphatic heterocycles. The maximum Gasteiger partial charge on any atom is 0.227 e. The van der Waals surface area contributed by atoms with Crippen LogP contribution >= 0.6 is 0 Å². The van der Waals surface area contributed by atoms with Crippen molar-refractivity contribution in [3.63, 3.8) is 0 Å². The van der Waals surface area contributed by atoms with Gasteiger partial charge in [-0.1, -0.05) is 26.7 Å². The van der Waals surface area contributed by atoms with Crippen LogP contribution in [0.4, 0.5) is 11.8 Å². The minimum Gasteiger partial charge on any atom is -0.508 e. The summed E-state index contributed by atoms with van der Waals surface area (Å²) >= 11 is 0. The fraction of sp³-hybridized carbons (Fsp3) is 0.500. The van der Waals surface area contributed by atoms with E-state index in [1.807, 2.05) is 11.5 Å². The van der Waals surface area contributed by atoms with Crippen molar-refractivity contribution < 1.29 is 14.9 Å². The highest BCUT2D eigenvalue weighted by molar-refractivity contribution is 5.84. The number of methoxy groups -OCH3 is 1. The molecule has 0 aliphatic carbocycles. The lowest BCUT2D eigenvalue weighted by Crippen LogP contribution is -2.24. The number of fused-ring (bicyclic) bond motifs is 1. The van der Waals surface area contributed by atoms with Crippen molar-refractivity contribution in [3.8, 4) is 11.5 Å². The SMILES string of the molecule is CCCCCn1cnc2c(NCc3cc(OC)ccc3O)nc(NC(CC)CO)nc21. The maximum atomic E-state index is 10.2. The molecule has 0 fully saturated rings. The van der Waals surface area contributed by atoms with E-state index in [2.05, 4.69) is 32.5 Å². The third-order valence-electron chi connectivity index (χ3n) is 5.25. The van der Waals surface area contributed by atoms with Gasteiger partial charge in [-0.2, -0.15) is 9.97 Å². The summed E-state index contributed by atoms with van der Waals surface area (Å²) in [5.41, 5.74) is 2.09. The topological polar surface area (TPSA) is 117 Å². The molecule has 0 amide bonds. The van der Waals surface area contributed by atoms with Gasteiger partial charge < -0.3 is 30.2 Å². The van der Waals surface area contributed by atoms with Crippen LogP contribution in [0.1, 0.15) is 45.1 Å². The molecule has 0 radical (unpaired) electrons. The largest absolute Gasteiger partial charge is 0.508 e. The lowest BCUT2D eigenvalue weighted by Gasteiger charge is -2.16. The van der Waals surface area contributed by atoms with Crippen LogP contribution in [0.25, 0.3) is 11.2 Å². The van der Waals surface area contributed by atoms with Gasteiger partial charge in [0, 0.05) is 18.7 Å². The number of aliphatic hydroxyl groups excluding tert-OH is 1. The fourth-order valence-electron chi connectivity index (χ4n) is 3.30. The molecule has 0 bridgehead atoms. The molecule has 1 atom stereocenters. The molecule has 0 saturated carbocycles. The summed E-state index contributed by atoms with van der Waals surface area (Å²) in [5, 5.41) is 26.2. The zero-order chi connectivity index (χ0) is 22.2. The second-order valence-electron chi connectivity index (χ2n) is 7.49. The Kier molecular flexibility index (Phi) is 7.88. The number of nitrogens with zero attached hydrogens (tertiary/aromatic N) is 4. The van der Waals surface area contributed by atoms with Gasteiger partial charge in [-0.25, -0.2) is 4.98 Å². The summed E-state index contributed by atoms with van der Waals surface area (Å²) in [6.07, 6.45) is 5.85. The number of benzene rings is 1. The van der Waals surface area contributed by atoms with E-state index in [1.165, 1.54) is 0 Å². The molecule has 1 aromatic carbocycles. The molecule has 3 rings (SSSR count). The number of phenols is 1. The summed E-state index contributed by atoms with van der Waals surface area (Å²) in [7, 11) is 1.59. The van der Waals surface area contributed by atoms with E-state index < -0.39 is 0 Å². The first-order chi connectivity index (χ1) is 15.1. The van der Waals surface area contributed by atoms with E-state index in [0.29, 0.717) is 35.1 Å². The summed E-state index contributed by atoms with van der Waals surface area (Å²) in [6.45, 7) is 5.33. The molecular weight excluding hydrogens is 396 g/mol. The molecule has 1 unspecified atom stereocenters. The Balaban J connectivity index is 1.92. The van der Waals surface area contributed by atoms with Crippen LogP contribution in [-0.4, -0.2) is 49.5 Å². The quantitative estimate of drug-likeness (QED) is 0.324. The number of hydrogen-bond donors (Lipinski definition) is 4. The standard InChI is InChI=1S/C22H32N6O3/c1-4-6-7-10-28-14-24-19-20(23-12-15-11-17(31-3)8-9-18(15)30)26-22(27-21(19)28)25-16(5-2)13-29/h8-9,11,14,16,29-30H,4-7,10,12-13H2,1-3H3,(H2,23,25,26,27). The maximum absolute atomic E-state index is 10.2. The highest BCUT2D eigenvalue weighted by atomic mass is 16.5. The number of aryl methyl sites for hydroxylation is 1. The van der Waals surface area contributed by atoms with Crippen molar-refractivity contribution in [2.75, 3.05) is 24.4 Å². The number of ether oxygens (including phenoxy) is 1. The second kappa shape index (κ2) is 10.8. The molecule has 9 heteroatoms. The fourth-order valence-corrected chi connectivity index (χ4v) is 3.30. The molecule has 2 aromatic heterocycles. The first-order valence-corrected chi connectivity index (χ1v) is 10.8. The van der Waals surface area contributed by atoms with Crippen LogP contribution in [0.3, 0.4) is 0 Å². The predicted octanol–water partition coefficient (Wildman–Crippen LogP) is 3.53. The van der Waals surface area contributed by atoms with Crippen molar-refractivity contribution in [3.05, 3.63) is 30.1 Å². The Bertz CT molecular complexity index is 987. The smallest absolute Gasteiger partial charge is 0.227 e. The molecule has 9 nitrogen and oxygen atoms in total. The summed E-state index contributed by atoms with van der Waals surface area (Å²) in [5.74, 6) is 1.84. The summed E-state index contributed by atoms with van der Waals surface area (Å²) in [6, 6.07) is 4.96. The van der Waals surface area contributed by atoms with Gasteiger partial charge in [-0.05, 0) is 31.0 Å². The minimum absolute atomic E-state index is 0.00585. The monoisotopic (exact) mass is 428 g/mol. The van der Waals surface area contributed by atoms with E-state index in [0.717, 1.165) is 37.9 Å². The van der Waals surface area contributed by atoms with Crippen LogP contribution in [0.15, 0.2) is 24.5 Å². The van der Waals surface area contributed by atoms with Gasteiger partial charge in [-0.3, -0.25) is 0 Å². The van der Waals surface area contributed by atoms with E-state index in [9.17, 15) is 10.2 Å². The molecule has 0 spiro atoms. The number of hydrogen-bond acceptors (Lipinski definition) is 8. The van der Waals surface area contributed by atoms with Gasteiger partial charge in [0.15, 0.2) is 17.0 Å². The van der Waals surface area contributed by atoms with Gasteiger partial charge in [0.1, 0.15) is 11.5 Å². The lowest BCUT2D eigenvalue weighted by molar-refractivity contribution is 0.271. The van der Waals surface area contributed by atoms with Gasteiger partial charge in [0.2, 0.25) is 5.95 Å². The molecule has 3 aromatic rings. The number of anilines is 2. The van der Waals surface area contributed by atoms with E-state index in [1.54, 1.807) is 31.6 Å². The zero-order valence-corrected chi connectivity index (χ0v) is 18.4. The number of aromatic hydroxyl groups is 1. The van der Waals surface area contributed by atoms with E-state index in [-0.39, 0.29) is 18.4 Å². The Morgan fingerprint density at radius 2 is 2.03 bits per heavy atom. The Hall–Kier alpha value is -3.07. The predicted molar refractivity (Wildman–Crippen MR) is 122 cm³/mol. The lowest BCUT2D eigenvalue weighted by atomic mass is 10.2. The number of unbranched alkanes of at least 4 members (excludes halogenated alkanes) is 2. The molecule has 0 aliphatic rings. The average molecular weight is 429 g/mol. The van der Waals surface area contributed by atoms with Crippen LogP contribution in [0.2, 0.25) is 0 Å². The molecule has 2 heterocycles. The summed E-state index contributed by atoms with van der Waals surface area (Å²) < 4.78 is 7.29. The van der Waals surface area contributed by atoms with Crippen molar-refractivity contribution in [1.82, 2.24) is 19.5 Å². The number of rotatable bonds is 12. The number of imidazole rings is 1. The molecule has 168 valence electrons. The molecular formula is C22H32N6O3. The van der Waals surface area contributed by atoms with Gasteiger partial charge >= 0.3 is 0 Å². The Labute approximate surface area is 182 Å². The Morgan fingerprint density at radius 1 is 1.19 bits per heavy atom. The van der Waals surface area contributed by atoms with Crippen molar-refractivity contribution in [2.24, 2.45) is 0 Å². The van der Waals surface area contributed by atoms with E-state index >= 15 is 0 Å². The van der Waals surface area contributed by atoms with Crippen LogP contribution in [0, 0.1) is 0 Å². The van der Waals surface area contributed by atoms with Gasteiger partial charge in [0.25, 0.3) is 0 Å². The highest BCUT2D eigenvalue weighted by Gasteiger charge is 2.16. The molecule has 31 heavy (non-hydrogen) atoms. The Morgan fingerprint density at radius 3 is 2.74 bits per heavy atom. The van der Waals surface area contributed by atoms with Crippen molar-refractivity contribution in [1.29, 1.82) is 0 Å². The summed E-state index contributed by atoms with van der Waals surface area (Å²) in [4.78, 5) is 13.8. The third kappa shape index (κ3) is 5.55. The van der Waals surface area contributed by atoms with Crippen LogP contribution < -0.4 is 15.4 Å².